The van der Waals surface area contributed by atoms with Gasteiger partial charge in [-0.2, -0.15) is 0 Å². The van der Waals surface area contributed by atoms with Crippen LogP contribution < -0.4 is 5.73 Å². The standard InChI is InChI=1S/C29H38FN3O6/c1-13-16-6-5-14(12-33-9-7-15(30)8-10-33)24(34)19(16)25(35)20-17(13)11-18-21(26(20)36)29(2,39)22(28(31)38)27(37)23(18)32(3)4/h5-6,13,15,17-18,21,23,34-35,37,39H,7-12H2,1-4H3,(H2,31,38)/t13-,17?,18?,21?,23-,29?/m0/s1. The predicted octanol–water partition coefficient (Wildman–Crippen LogP) is 2.53. The van der Waals surface area contributed by atoms with Crippen molar-refractivity contribution in [2.45, 2.75) is 63.4 Å². The van der Waals surface area contributed by atoms with Crippen molar-refractivity contribution in [3.63, 3.8) is 0 Å². The zero-order valence-electron chi connectivity index (χ0n) is 22.8. The number of ketones is 1. The van der Waals surface area contributed by atoms with Crippen LogP contribution in [0.5, 0.6) is 5.75 Å². The number of phenolic OH excluding ortho intramolecular Hbond substituents is 1. The van der Waals surface area contributed by atoms with Gasteiger partial charge in [0.2, 0.25) is 0 Å². The molecule has 6 N–H and O–H groups in total. The van der Waals surface area contributed by atoms with Crippen LogP contribution in [-0.2, 0) is 16.1 Å². The predicted molar refractivity (Wildman–Crippen MR) is 143 cm³/mol. The van der Waals surface area contributed by atoms with Crippen LogP contribution in [0.2, 0.25) is 0 Å². The number of rotatable bonds is 4. The largest absolute Gasteiger partial charge is 0.510 e. The summed E-state index contributed by atoms with van der Waals surface area (Å²) in [6, 6.07) is 2.95. The van der Waals surface area contributed by atoms with Gasteiger partial charge >= 0.3 is 0 Å². The van der Waals surface area contributed by atoms with Crippen LogP contribution in [0.4, 0.5) is 4.39 Å². The molecule has 6 atom stereocenters. The first kappa shape index (κ1) is 27.6. The first-order valence-electron chi connectivity index (χ1n) is 13.6. The van der Waals surface area contributed by atoms with Crippen molar-refractivity contribution in [3.05, 3.63) is 45.7 Å². The van der Waals surface area contributed by atoms with Crippen LogP contribution in [0.25, 0.3) is 5.76 Å². The number of allylic oxidation sites excluding steroid dienone is 1. The normalized spacial score (nSPS) is 33.7. The van der Waals surface area contributed by atoms with Crippen molar-refractivity contribution >= 4 is 17.4 Å². The van der Waals surface area contributed by atoms with Crippen molar-refractivity contribution < 1.29 is 34.4 Å². The summed E-state index contributed by atoms with van der Waals surface area (Å²) in [5, 5.41) is 45.5. The van der Waals surface area contributed by atoms with E-state index in [0.717, 1.165) is 0 Å². The Hall–Kier alpha value is -2.95. The number of hydrogen-bond acceptors (Lipinski definition) is 8. The Morgan fingerprint density at radius 2 is 1.85 bits per heavy atom. The number of benzene rings is 1. The molecule has 0 aromatic heterocycles. The number of alkyl halides is 1. The van der Waals surface area contributed by atoms with Gasteiger partial charge in [0.15, 0.2) is 5.78 Å². The number of carbonyl (C=O) groups is 2. The average molecular weight is 544 g/mol. The fraction of sp³-hybridized carbons (Fsp3) is 0.586. The van der Waals surface area contributed by atoms with Gasteiger partial charge in [-0.05, 0) is 63.6 Å². The van der Waals surface area contributed by atoms with Gasteiger partial charge in [0.25, 0.3) is 5.91 Å². The van der Waals surface area contributed by atoms with Crippen molar-refractivity contribution in [2.24, 2.45) is 23.5 Å². The third kappa shape index (κ3) is 4.15. The number of phenols is 1. The number of Topliss-reactive ketones (excluding diaryl/α,β-unsaturated/α-hetero) is 1. The third-order valence-electron chi connectivity index (χ3n) is 9.52. The van der Waals surface area contributed by atoms with E-state index in [-0.39, 0.29) is 34.3 Å². The number of piperidine rings is 1. The molecule has 1 heterocycles. The van der Waals surface area contributed by atoms with Gasteiger partial charge in [-0.25, -0.2) is 4.39 Å². The zero-order chi connectivity index (χ0) is 28.5. The molecule has 3 aliphatic carbocycles. The molecule has 1 aliphatic heterocycles. The Kier molecular flexibility index (Phi) is 6.80. The molecule has 10 heteroatoms. The number of amides is 1. The number of likely N-dealkylation sites (tertiary alicyclic amines) is 1. The van der Waals surface area contributed by atoms with E-state index in [2.05, 4.69) is 4.90 Å². The number of hydrogen-bond donors (Lipinski definition) is 5. The van der Waals surface area contributed by atoms with Crippen LogP contribution in [0.1, 0.15) is 55.7 Å². The molecule has 1 saturated heterocycles. The highest BCUT2D eigenvalue weighted by molar-refractivity contribution is 6.08. The highest BCUT2D eigenvalue weighted by Crippen LogP contribution is 2.57. The Morgan fingerprint density at radius 1 is 1.21 bits per heavy atom. The summed E-state index contributed by atoms with van der Waals surface area (Å²) in [5.41, 5.74) is 4.70. The minimum absolute atomic E-state index is 0.114. The first-order valence-corrected chi connectivity index (χ1v) is 13.6. The lowest BCUT2D eigenvalue weighted by Crippen LogP contribution is -2.61. The fourth-order valence-corrected chi connectivity index (χ4v) is 7.65. The number of fused-ring (bicyclic) bond motifs is 3. The summed E-state index contributed by atoms with van der Waals surface area (Å²) in [7, 11) is 3.44. The lowest BCUT2D eigenvalue weighted by atomic mass is 9.54. The fourth-order valence-electron chi connectivity index (χ4n) is 7.65. The van der Waals surface area contributed by atoms with Gasteiger partial charge in [-0.3, -0.25) is 19.4 Å². The molecule has 0 bridgehead atoms. The lowest BCUT2D eigenvalue weighted by Gasteiger charge is -2.53. The Morgan fingerprint density at radius 3 is 2.44 bits per heavy atom. The van der Waals surface area contributed by atoms with E-state index in [9.17, 15) is 34.4 Å². The number of carbonyl (C=O) groups excluding carboxylic acids is 2. The maximum Gasteiger partial charge on any atom is 0.251 e. The highest BCUT2D eigenvalue weighted by Gasteiger charge is 2.61. The molecule has 39 heavy (non-hydrogen) atoms. The summed E-state index contributed by atoms with van der Waals surface area (Å²) in [5.74, 6) is -4.70. The minimum atomic E-state index is -2.06. The quantitative estimate of drug-likeness (QED) is 0.389. The molecule has 0 radical (unpaired) electrons. The van der Waals surface area contributed by atoms with Gasteiger partial charge in [0.1, 0.15) is 29.0 Å². The number of nitrogens with zero attached hydrogens (tertiary/aromatic N) is 2. The van der Waals surface area contributed by atoms with E-state index in [0.29, 0.717) is 50.0 Å². The Balaban J connectivity index is 1.60. The number of aliphatic hydroxyl groups excluding tert-OH is 2. The number of halogens is 1. The Labute approximate surface area is 227 Å². The molecule has 9 nitrogen and oxygen atoms in total. The second-order valence-electron chi connectivity index (χ2n) is 12.1. The summed E-state index contributed by atoms with van der Waals surface area (Å²) >= 11 is 0. The molecule has 1 aromatic carbocycles. The van der Waals surface area contributed by atoms with Crippen LogP contribution in [0, 0.1) is 17.8 Å². The summed E-state index contributed by atoms with van der Waals surface area (Å²) in [4.78, 5) is 30.3. The molecule has 5 rings (SSSR count). The van der Waals surface area contributed by atoms with Gasteiger partial charge < -0.3 is 26.2 Å². The monoisotopic (exact) mass is 543 g/mol. The molecule has 212 valence electrons. The summed E-state index contributed by atoms with van der Waals surface area (Å²) in [6.45, 7) is 4.76. The van der Waals surface area contributed by atoms with E-state index < -0.39 is 52.8 Å². The van der Waals surface area contributed by atoms with Crippen molar-refractivity contribution in [3.8, 4) is 5.75 Å². The van der Waals surface area contributed by atoms with Crippen molar-refractivity contribution in [2.75, 3.05) is 27.2 Å². The SMILES string of the molecule is C[C@H]1c2ccc(CN3CCC(F)CC3)c(O)c2C(O)=C2C(=O)C3C(CC21)[C@H](N(C)C)C(O)=C(C(N)=O)C3(C)O. The molecular weight excluding hydrogens is 505 g/mol. The van der Waals surface area contributed by atoms with Crippen LogP contribution in [0.3, 0.4) is 0 Å². The number of likely N-dealkylation sites (N-methyl/N-ethyl adjacent to an activating group) is 1. The molecule has 1 amide bonds. The third-order valence-corrected chi connectivity index (χ3v) is 9.52. The Bertz CT molecular complexity index is 1280. The molecule has 0 spiro atoms. The van der Waals surface area contributed by atoms with Crippen molar-refractivity contribution in [1.82, 2.24) is 9.80 Å². The van der Waals surface area contributed by atoms with Gasteiger partial charge in [0, 0.05) is 30.8 Å². The zero-order valence-corrected chi connectivity index (χ0v) is 22.8. The number of nitrogens with two attached hydrogens (primary N) is 1. The summed E-state index contributed by atoms with van der Waals surface area (Å²) in [6.07, 6.45) is 0.401. The minimum Gasteiger partial charge on any atom is -0.510 e. The number of aromatic hydroxyl groups is 1. The topological polar surface area (TPSA) is 148 Å². The molecule has 1 saturated carbocycles. The van der Waals surface area contributed by atoms with E-state index in [4.69, 9.17) is 5.73 Å². The summed E-state index contributed by atoms with van der Waals surface area (Å²) < 4.78 is 13.6. The molecular formula is C29H38FN3O6. The highest BCUT2D eigenvalue weighted by atomic mass is 19.1. The second kappa shape index (κ2) is 9.60. The second-order valence-corrected chi connectivity index (χ2v) is 12.1. The van der Waals surface area contributed by atoms with Crippen LogP contribution in [-0.4, -0.2) is 86.9 Å². The maximum atomic E-state index is 14.2. The van der Waals surface area contributed by atoms with Gasteiger partial charge in [0.05, 0.1) is 23.1 Å². The smallest absolute Gasteiger partial charge is 0.251 e. The molecule has 2 fully saturated rings. The number of aliphatic hydroxyl groups is 3. The lowest BCUT2D eigenvalue weighted by molar-refractivity contribution is -0.139. The van der Waals surface area contributed by atoms with Crippen LogP contribution in [0.15, 0.2) is 29.0 Å². The number of primary amides is 1. The maximum absolute atomic E-state index is 14.2. The van der Waals surface area contributed by atoms with E-state index in [1.54, 1.807) is 19.0 Å². The van der Waals surface area contributed by atoms with E-state index >= 15 is 0 Å². The van der Waals surface area contributed by atoms with Gasteiger partial charge in [-0.1, -0.05) is 19.1 Å². The molecule has 4 unspecified atom stereocenters. The molecule has 4 aliphatic rings. The first-order chi connectivity index (χ1) is 18.3. The van der Waals surface area contributed by atoms with E-state index in [1.165, 1.54) is 6.92 Å². The average Bonchev–Trinajstić information content (AvgIpc) is 2.83. The van der Waals surface area contributed by atoms with Gasteiger partial charge in [-0.15, -0.1) is 0 Å². The van der Waals surface area contributed by atoms with Crippen molar-refractivity contribution in [1.29, 1.82) is 0 Å². The van der Waals surface area contributed by atoms with E-state index in [1.807, 2.05) is 19.1 Å². The molecule has 1 aromatic rings. The van der Waals surface area contributed by atoms with Crippen LogP contribution >= 0.6 is 0 Å².